The van der Waals surface area contributed by atoms with E-state index in [0.29, 0.717) is 34.5 Å². The first kappa shape index (κ1) is 27.2. The minimum absolute atomic E-state index is 0.0820. The quantitative estimate of drug-likeness (QED) is 0.200. The number of halogens is 4. The first-order chi connectivity index (χ1) is 19.2. The number of hydrogen-bond donors (Lipinski definition) is 2. The highest BCUT2D eigenvalue weighted by molar-refractivity contribution is 6.31. The topological polar surface area (TPSA) is 62.2 Å². The molecule has 1 heterocycles. The van der Waals surface area contributed by atoms with Crippen molar-refractivity contribution >= 4 is 34.2 Å². The van der Waals surface area contributed by atoms with Crippen LogP contribution in [0.1, 0.15) is 27.8 Å². The van der Waals surface area contributed by atoms with E-state index >= 15 is 0 Å². The Hall–Kier alpha value is -4.36. The Labute approximate surface area is 234 Å². The number of nitrogens with one attached hydrogen (secondary N) is 1. The molecule has 1 aromatic heterocycles. The Morgan fingerprint density at radius 1 is 0.875 bits per heavy atom. The fraction of sp³-hybridized carbons (Fsp3) is 0.125. The van der Waals surface area contributed by atoms with Crippen LogP contribution in [-0.4, -0.2) is 16.1 Å². The van der Waals surface area contributed by atoms with Gasteiger partial charge in [-0.15, -0.1) is 0 Å². The van der Waals surface area contributed by atoms with Crippen LogP contribution in [0.3, 0.4) is 0 Å². The van der Waals surface area contributed by atoms with Gasteiger partial charge in [0.05, 0.1) is 17.5 Å². The third-order valence-electron chi connectivity index (χ3n) is 6.63. The highest BCUT2D eigenvalue weighted by atomic mass is 35.5. The van der Waals surface area contributed by atoms with Crippen molar-refractivity contribution in [3.8, 4) is 11.1 Å². The predicted molar refractivity (Wildman–Crippen MR) is 152 cm³/mol. The predicted octanol–water partition coefficient (Wildman–Crippen LogP) is 8.40. The molecule has 0 spiro atoms. The lowest BCUT2D eigenvalue weighted by Gasteiger charge is -2.17. The van der Waals surface area contributed by atoms with Gasteiger partial charge in [-0.2, -0.15) is 13.2 Å². The van der Waals surface area contributed by atoms with E-state index in [-0.39, 0.29) is 11.9 Å². The van der Waals surface area contributed by atoms with Gasteiger partial charge in [-0.1, -0.05) is 78.3 Å². The molecular formula is C32H24ClF3N2O2. The monoisotopic (exact) mass is 560 g/mol. The summed E-state index contributed by atoms with van der Waals surface area (Å²) in [6, 6.07) is 26.7. The molecule has 0 aliphatic rings. The second-order valence-corrected chi connectivity index (χ2v) is 9.86. The van der Waals surface area contributed by atoms with E-state index in [4.69, 9.17) is 16.7 Å². The van der Waals surface area contributed by atoms with Gasteiger partial charge in [-0.25, -0.2) is 0 Å². The van der Waals surface area contributed by atoms with Crippen LogP contribution in [0.5, 0.6) is 0 Å². The molecular weight excluding hydrogens is 537 g/mol. The van der Waals surface area contributed by atoms with Crippen LogP contribution in [0.25, 0.3) is 22.0 Å². The van der Waals surface area contributed by atoms with E-state index in [9.17, 15) is 18.0 Å². The lowest BCUT2D eigenvalue weighted by atomic mass is 9.91. The van der Waals surface area contributed by atoms with Gasteiger partial charge < -0.3 is 10.4 Å². The number of pyridine rings is 1. The summed E-state index contributed by atoms with van der Waals surface area (Å²) in [5.74, 6) is -0.961. The summed E-state index contributed by atoms with van der Waals surface area (Å²) >= 11 is 6.26. The number of carboxylic acids is 1. The van der Waals surface area contributed by atoms with Gasteiger partial charge in [0.1, 0.15) is 0 Å². The Morgan fingerprint density at radius 2 is 1.62 bits per heavy atom. The van der Waals surface area contributed by atoms with Crippen LogP contribution in [0.4, 0.5) is 18.9 Å². The fourth-order valence-electron chi connectivity index (χ4n) is 4.79. The minimum atomic E-state index is -4.53. The summed E-state index contributed by atoms with van der Waals surface area (Å²) < 4.78 is 41.6. The maximum atomic E-state index is 13.9. The molecule has 0 unspecified atom stereocenters. The molecule has 0 radical (unpaired) electrons. The fourth-order valence-corrected chi connectivity index (χ4v) is 5.04. The molecule has 0 saturated carbocycles. The van der Waals surface area contributed by atoms with Gasteiger partial charge in [0, 0.05) is 28.8 Å². The van der Waals surface area contributed by atoms with Crippen LogP contribution >= 0.6 is 11.6 Å². The van der Waals surface area contributed by atoms with Gasteiger partial charge in [0.15, 0.2) is 0 Å². The average molecular weight is 561 g/mol. The van der Waals surface area contributed by atoms with Gasteiger partial charge in [0.25, 0.3) is 0 Å². The van der Waals surface area contributed by atoms with E-state index in [2.05, 4.69) is 10.3 Å². The third-order valence-corrected chi connectivity index (χ3v) is 6.98. The van der Waals surface area contributed by atoms with Crippen LogP contribution in [0, 0.1) is 0 Å². The number of fused-ring (bicyclic) bond motifs is 1. The van der Waals surface area contributed by atoms with Gasteiger partial charge in [-0.05, 0) is 64.1 Å². The first-order valence-corrected chi connectivity index (χ1v) is 12.9. The summed E-state index contributed by atoms with van der Waals surface area (Å²) in [5.41, 5.74) is 4.65. The molecule has 202 valence electrons. The van der Waals surface area contributed by atoms with Crippen molar-refractivity contribution in [3.05, 3.63) is 130 Å². The van der Waals surface area contributed by atoms with Gasteiger partial charge in [0.2, 0.25) is 0 Å². The van der Waals surface area contributed by atoms with E-state index in [1.54, 1.807) is 30.5 Å². The molecule has 0 atom stereocenters. The molecule has 0 fully saturated rings. The van der Waals surface area contributed by atoms with Crippen molar-refractivity contribution in [2.45, 2.75) is 25.6 Å². The number of nitrogens with zero attached hydrogens (tertiary/aromatic N) is 1. The Morgan fingerprint density at radius 3 is 2.35 bits per heavy atom. The Bertz CT molecular complexity index is 1690. The molecule has 0 aliphatic heterocycles. The molecule has 5 rings (SSSR count). The molecule has 0 aliphatic carbocycles. The van der Waals surface area contributed by atoms with Gasteiger partial charge >= 0.3 is 12.1 Å². The number of anilines is 1. The largest absolute Gasteiger partial charge is 0.481 e. The summed E-state index contributed by atoms with van der Waals surface area (Å²) in [5, 5.41) is 13.1. The molecule has 5 aromatic rings. The molecule has 8 heteroatoms. The molecule has 2 N–H and O–H groups in total. The number of benzene rings is 4. The maximum Gasteiger partial charge on any atom is 0.418 e. The van der Waals surface area contributed by atoms with Crippen LogP contribution < -0.4 is 5.32 Å². The third kappa shape index (κ3) is 6.10. The number of aromatic nitrogens is 1. The van der Waals surface area contributed by atoms with E-state index in [1.165, 1.54) is 6.07 Å². The molecule has 4 aromatic carbocycles. The average Bonchev–Trinajstić information content (AvgIpc) is 2.93. The SMILES string of the molecule is O=C(O)Cc1ccc(NCc2cccc(-c3c(Cc4ccccc4)cnc4c(C(F)(F)F)cccc34)c2)cc1Cl. The Balaban J connectivity index is 1.52. The molecule has 4 nitrogen and oxygen atoms in total. The van der Waals surface area contributed by atoms with Crippen molar-refractivity contribution in [1.82, 2.24) is 4.98 Å². The smallest absolute Gasteiger partial charge is 0.418 e. The lowest BCUT2D eigenvalue weighted by molar-refractivity contribution is -0.137. The number of alkyl halides is 3. The van der Waals surface area contributed by atoms with Crippen molar-refractivity contribution in [2.75, 3.05) is 5.32 Å². The number of carboxylic acid groups (broad SMARTS) is 1. The number of rotatable bonds is 8. The molecule has 0 amide bonds. The maximum absolute atomic E-state index is 13.9. The van der Waals surface area contributed by atoms with Crippen molar-refractivity contribution in [3.63, 3.8) is 0 Å². The van der Waals surface area contributed by atoms with Crippen LogP contribution in [0.2, 0.25) is 5.02 Å². The first-order valence-electron chi connectivity index (χ1n) is 12.5. The summed E-state index contributed by atoms with van der Waals surface area (Å²) in [6.07, 6.45) is -2.63. The molecule has 0 saturated heterocycles. The number of hydrogen-bond acceptors (Lipinski definition) is 3. The zero-order chi connectivity index (χ0) is 28.3. The van der Waals surface area contributed by atoms with Gasteiger partial charge in [-0.3, -0.25) is 9.78 Å². The van der Waals surface area contributed by atoms with Crippen molar-refractivity contribution in [2.24, 2.45) is 0 Å². The Kier molecular flexibility index (Phi) is 7.76. The standard InChI is InChI=1S/C32H24ClF3N2O2/c33-28-17-25(13-12-22(28)16-29(39)40)37-18-21-8-4-9-23(15-21)30-24(14-20-6-2-1-3-7-20)19-38-31-26(30)10-5-11-27(31)32(34,35)36/h1-13,15,17,19,37H,14,16,18H2,(H,39,40). The lowest BCUT2D eigenvalue weighted by Crippen LogP contribution is -2.07. The summed E-state index contributed by atoms with van der Waals surface area (Å²) in [6.45, 7) is 0.424. The summed E-state index contributed by atoms with van der Waals surface area (Å²) in [7, 11) is 0. The number of para-hydroxylation sites is 1. The van der Waals surface area contributed by atoms with Crippen LogP contribution in [0.15, 0.2) is 97.2 Å². The minimum Gasteiger partial charge on any atom is -0.481 e. The normalized spacial score (nSPS) is 11.5. The zero-order valence-corrected chi connectivity index (χ0v) is 21.9. The second kappa shape index (κ2) is 11.4. The zero-order valence-electron chi connectivity index (χ0n) is 21.2. The number of aliphatic carboxylic acids is 1. The van der Waals surface area contributed by atoms with Crippen LogP contribution in [-0.2, 0) is 30.4 Å². The number of carbonyl (C=O) groups is 1. The highest BCUT2D eigenvalue weighted by Gasteiger charge is 2.33. The van der Waals surface area contributed by atoms with Crippen molar-refractivity contribution in [1.29, 1.82) is 0 Å². The van der Waals surface area contributed by atoms with Crippen molar-refractivity contribution < 1.29 is 23.1 Å². The van der Waals surface area contributed by atoms with E-state index in [0.717, 1.165) is 34.0 Å². The molecule has 0 bridgehead atoms. The summed E-state index contributed by atoms with van der Waals surface area (Å²) in [4.78, 5) is 15.3. The van der Waals surface area contributed by atoms with E-state index < -0.39 is 17.7 Å². The highest BCUT2D eigenvalue weighted by Crippen LogP contribution is 2.39. The molecule has 40 heavy (non-hydrogen) atoms. The van der Waals surface area contributed by atoms with E-state index in [1.807, 2.05) is 54.6 Å². The second-order valence-electron chi connectivity index (χ2n) is 9.45.